The van der Waals surface area contributed by atoms with Crippen LogP contribution in [0.5, 0.6) is 5.75 Å². The van der Waals surface area contributed by atoms with Gasteiger partial charge in [0.1, 0.15) is 5.75 Å². The number of nitrogens with zero attached hydrogens (tertiary/aromatic N) is 1. The van der Waals surface area contributed by atoms with Crippen molar-refractivity contribution in [3.63, 3.8) is 0 Å². The van der Waals surface area contributed by atoms with Gasteiger partial charge in [0, 0.05) is 29.6 Å². The maximum Gasteiger partial charge on any atom is 0.142 e. The molecule has 1 aromatic rings. The first kappa shape index (κ1) is 13.7. The highest BCUT2D eigenvalue weighted by Gasteiger charge is 2.26. The maximum atomic E-state index is 5.49. The Morgan fingerprint density at radius 1 is 1.50 bits per heavy atom. The zero-order valence-corrected chi connectivity index (χ0v) is 12.8. The van der Waals surface area contributed by atoms with Crippen molar-refractivity contribution in [2.45, 2.75) is 32.4 Å². The summed E-state index contributed by atoms with van der Waals surface area (Å²) >= 11 is 3.55. The van der Waals surface area contributed by atoms with Crippen LogP contribution in [-0.4, -0.2) is 32.3 Å². The Bertz CT molecular complexity index is 411. The van der Waals surface area contributed by atoms with E-state index in [4.69, 9.17) is 4.74 Å². The molecule has 0 aliphatic carbocycles. The predicted molar refractivity (Wildman–Crippen MR) is 79.6 cm³/mol. The van der Waals surface area contributed by atoms with Crippen molar-refractivity contribution in [2.75, 3.05) is 25.1 Å². The Morgan fingerprint density at radius 3 is 2.94 bits per heavy atom. The summed E-state index contributed by atoms with van der Waals surface area (Å²) in [6.07, 6.45) is 1.15. The van der Waals surface area contributed by atoms with Gasteiger partial charge in [-0.15, -0.1) is 0 Å². The van der Waals surface area contributed by atoms with Crippen LogP contribution in [0.25, 0.3) is 0 Å². The Hall–Kier alpha value is -0.740. The number of hydrogen-bond donors (Lipinski definition) is 1. The number of hydrogen-bond acceptors (Lipinski definition) is 3. The Labute approximate surface area is 118 Å². The molecule has 2 rings (SSSR count). The van der Waals surface area contributed by atoms with E-state index in [1.54, 1.807) is 7.11 Å². The minimum absolute atomic E-state index is 0.482. The van der Waals surface area contributed by atoms with E-state index in [-0.39, 0.29) is 0 Å². The van der Waals surface area contributed by atoms with Gasteiger partial charge in [0.05, 0.1) is 12.8 Å². The molecule has 1 fully saturated rings. The molecule has 4 heteroatoms. The van der Waals surface area contributed by atoms with E-state index >= 15 is 0 Å². The molecule has 1 heterocycles. The van der Waals surface area contributed by atoms with Gasteiger partial charge in [-0.1, -0.05) is 22.9 Å². The van der Waals surface area contributed by atoms with Gasteiger partial charge in [0.25, 0.3) is 0 Å². The molecule has 1 aliphatic heterocycles. The zero-order chi connectivity index (χ0) is 13.1. The third-order valence-electron chi connectivity index (χ3n) is 3.59. The minimum Gasteiger partial charge on any atom is -0.495 e. The highest BCUT2D eigenvalue weighted by Crippen LogP contribution is 2.33. The standard InChI is InChI=1S/C14H21BrN2O/c1-4-12-9-17(10(2)8-16-12)13-7-11(15)5-6-14(13)18-3/h5-7,10,12,16H,4,8-9H2,1-3H3. The number of nitrogens with one attached hydrogen (secondary N) is 1. The van der Waals surface area contributed by atoms with Crippen molar-refractivity contribution >= 4 is 21.6 Å². The summed E-state index contributed by atoms with van der Waals surface area (Å²) in [7, 11) is 1.73. The molecule has 1 saturated heterocycles. The van der Waals surface area contributed by atoms with Crippen molar-refractivity contribution < 1.29 is 4.74 Å². The lowest BCUT2D eigenvalue weighted by Gasteiger charge is -2.40. The summed E-state index contributed by atoms with van der Waals surface area (Å²) in [6, 6.07) is 7.23. The summed E-state index contributed by atoms with van der Waals surface area (Å²) in [4.78, 5) is 2.44. The predicted octanol–water partition coefficient (Wildman–Crippen LogP) is 3.03. The van der Waals surface area contributed by atoms with Crippen LogP contribution >= 0.6 is 15.9 Å². The van der Waals surface area contributed by atoms with E-state index in [1.165, 1.54) is 5.69 Å². The molecule has 1 aromatic carbocycles. The minimum atomic E-state index is 0.482. The van der Waals surface area contributed by atoms with Crippen molar-refractivity contribution in [1.82, 2.24) is 5.32 Å². The van der Waals surface area contributed by atoms with Gasteiger partial charge in [-0.3, -0.25) is 0 Å². The number of piperazine rings is 1. The average Bonchev–Trinajstić information content (AvgIpc) is 2.39. The molecule has 0 spiro atoms. The molecule has 2 atom stereocenters. The first-order chi connectivity index (χ1) is 8.65. The van der Waals surface area contributed by atoms with Gasteiger partial charge < -0.3 is 15.0 Å². The zero-order valence-electron chi connectivity index (χ0n) is 11.2. The van der Waals surface area contributed by atoms with Crippen LogP contribution in [0.15, 0.2) is 22.7 Å². The molecular formula is C14H21BrN2O. The topological polar surface area (TPSA) is 24.5 Å². The summed E-state index contributed by atoms with van der Waals surface area (Å²) < 4.78 is 6.58. The molecule has 0 radical (unpaired) electrons. The normalized spacial score (nSPS) is 24.1. The number of ether oxygens (including phenoxy) is 1. The SMILES string of the molecule is CCC1CN(c2cc(Br)ccc2OC)C(C)CN1. The second-order valence-corrected chi connectivity index (χ2v) is 5.75. The Morgan fingerprint density at radius 2 is 2.28 bits per heavy atom. The monoisotopic (exact) mass is 312 g/mol. The fourth-order valence-electron chi connectivity index (χ4n) is 2.43. The van der Waals surface area contributed by atoms with Gasteiger partial charge in [-0.25, -0.2) is 0 Å². The van der Waals surface area contributed by atoms with Crippen molar-refractivity contribution in [3.8, 4) is 5.75 Å². The lowest BCUT2D eigenvalue weighted by Crippen LogP contribution is -2.55. The van der Waals surface area contributed by atoms with E-state index in [0.29, 0.717) is 12.1 Å². The van der Waals surface area contributed by atoms with Crippen molar-refractivity contribution in [3.05, 3.63) is 22.7 Å². The van der Waals surface area contributed by atoms with Gasteiger partial charge in [0.2, 0.25) is 0 Å². The molecule has 1 N–H and O–H groups in total. The number of anilines is 1. The maximum absolute atomic E-state index is 5.49. The molecule has 100 valence electrons. The summed E-state index contributed by atoms with van der Waals surface area (Å²) in [5.41, 5.74) is 1.18. The fraction of sp³-hybridized carbons (Fsp3) is 0.571. The molecule has 0 bridgehead atoms. The molecule has 3 nitrogen and oxygen atoms in total. The quantitative estimate of drug-likeness (QED) is 0.928. The Balaban J connectivity index is 2.30. The van der Waals surface area contributed by atoms with Crippen LogP contribution in [0.3, 0.4) is 0 Å². The van der Waals surface area contributed by atoms with E-state index in [0.717, 1.165) is 29.7 Å². The second kappa shape index (κ2) is 5.93. The second-order valence-electron chi connectivity index (χ2n) is 4.83. The van der Waals surface area contributed by atoms with E-state index in [2.05, 4.69) is 46.1 Å². The lowest BCUT2D eigenvalue weighted by atomic mass is 10.1. The van der Waals surface area contributed by atoms with Gasteiger partial charge in [0.15, 0.2) is 0 Å². The molecule has 0 saturated carbocycles. The molecule has 1 aliphatic rings. The smallest absolute Gasteiger partial charge is 0.142 e. The van der Waals surface area contributed by atoms with Crippen molar-refractivity contribution in [1.29, 1.82) is 0 Å². The van der Waals surface area contributed by atoms with Crippen LogP contribution in [0.2, 0.25) is 0 Å². The average molecular weight is 313 g/mol. The highest BCUT2D eigenvalue weighted by molar-refractivity contribution is 9.10. The number of rotatable bonds is 3. The molecule has 0 amide bonds. The molecule has 18 heavy (non-hydrogen) atoms. The number of benzene rings is 1. The molecule has 0 aromatic heterocycles. The molecular weight excluding hydrogens is 292 g/mol. The first-order valence-corrected chi connectivity index (χ1v) is 7.28. The van der Waals surface area contributed by atoms with E-state index in [9.17, 15) is 0 Å². The largest absolute Gasteiger partial charge is 0.495 e. The molecule has 2 unspecified atom stereocenters. The summed E-state index contributed by atoms with van der Waals surface area (Å²) in [5.74, 6) is 0.946. The fourth-order valence-corrected chi connectivity index (χ4v) is 2.78. The van der Waals surface area contributed by atoms with E-state index < -0.39 is 0 Å². The van der Waals surface area contributed by atoms with Gasteiger partial charge in [-0.05, 0) is 31.5 Å². The van der Waals surface area contributed by atoms with Crippen molar-refractivity contribution in [2.24, 2.45) is 0 Å². The van der Waals surface area contributed by atoms with Crippen LogP contribution in [0, 0.1) is 0 Å². The van der Waals surface area contributed by atoms with Crippen LogP contribution < -0.4 is 15.0 Å². The lowest BCUT2D eigenvalue weighted by molar-refractivity contribution is 0.383. The van der Waals surface area contributed by atoms with Gasteiger partial charge in [-0.2, -0.15) is 0 Å². The third-order valence-corrected chi connectivity index (χ3v) is 4.09. The van der Waals surface area contributed by atoms with Gasteiger partial charge >= 0.3 is 0 Å². The number of halogens is 1. The summed E-state index contributed by atoms with van der Waals surface area (Å²) in [5, 5.41) is 3.58. The van der Waals surface area contributed by atoms with Crippen LogP contribution in [0.4, 0.5) is 5.69 Å². The first-order valence-electron chi connectivity index (χ1n) is 6.49. The third kappa shape index (κ3) is 2.81. The summed E-state index contributed by atoms with van der Waals surface area (Å²) in [6.45, 7) is 6.53. The van der Waals surface area contributed by atoms with Crippen LogP contribution in [0.1, 0.15) is 20.3 Å². The Kier molecular flexibility index (Phi) is 4.51. The van der Waals surface area contributed by atoms with Crippen LogP contribution in [-0.2, 0) is 0 Å². The van der Waals surface area contributed by atoms with E-state index in [1.807, 2.05) is 12.1 Å². The number of methoxy groups -OCH3 is 1. The highest BCUT2D eigenvalue weighted by atomic mass is 79.9.